The highest BCUT2D eigenvalue weighted by Crippen LogP contribution is 2.31. The molecule has 0 radical (unpaired) electrons. The van der Waals surface area contributed by atoms with E-state index in [0.29, 0.717) is 11.3 Å². The van der Waals surface area contributed by atoms with Crippen LogP contribution in [0.25, 0.3) is 5.57 Å². The fourth-order valence-corrected chi connectivity index (χ4v) is 3.10. The first-order chi connectivity index (χ1) is 11.5. The summed E-state index contributed by atoms with van der Waals surface area (Å²) >= 11 is 3.53. The fraction of sp³-hybridized carbons (Fsp3) is 0.143. The van der Waals surface area contributed by atoms with Crippen LogP contribution in [-0.4, -0.2) is 5.71 Å². The maximum atomic E-state index is 9.65. The molecule has 0 saturated heterocycles. The molecular formula is C21H19BrN2. The van der Waals surface area contributed by atoms with Crippen LogP contribution in [0.5, 0.6) is 0 Å². The van der Waals surface area contributed by atoms with Crippen molar-refractivity contribution in [3.63, 3.8) is 0 Å². The van der Waals surface area contributed by atoms with E-state index in [1.807, 2.05) is 61.5 Å². The van der Waals surface area contributed by atoms with E-state index in [1.165, 1.54) is 0 Å². The van der Waals surface area contributed by atoms with Crippen LogP contribution in [-0.2, 0) is 0 Å². The molecule has 0 fully saturated rings. The molecule has 24 heavy (non-hydrogen) atoms. The predicted octanol–water partition coefficient (Wildman–Crippen LogP) is 6.04. The highest BCUT2D eigenvalue weighted by Gasteiger charge is 2.17. The first-order valence-corrected chi connectivity index (χ1v) is 8.41. The van der Waals surface area contributed by atoms with Crippen LogP contribution in [0.2, 0.25) is 0 Å². The third kappa shape index (κ3) is 3.90. The van der Waals surface area contributed by atoms with E-state index in [2.05, 4.69) is 28.6 Å². The molecule has 1 atom stereocenters. The Balaban J connectivity index is 2.48. The van der Waals surface area contributed by atoms with Gasteiger partial charge in [-0.15, -0.1) is 0 Å². The van der Waals surface area contributed by atoms with Gasteiger partial charge >= 0.3 is 0 Å². The molecule has 0 aliphatic heterocycles. The Morgan fingerprint density at radius 2 is 1.83 bits per heavy atom. The number of nitrogens with one attached hydrogen (secondary N) is 1. The van der Waals surface area contributed by atoms with Gasteiger partial charge in [0.2, 0.25) is 0 Å². The predicted molar refractivity (Wildman–Crippen MR) is 104 cm³/mol. The minimum absolute atomic E-state index is 0.428. The first kappa shape index (κ1) is 17.9. The number of halogens is 1. The number of aryl methyl sites for hydroxylation is 1. The summed E-state index contributed by atoms with van der Waals surface area (Å²) in [7, 11) is 0. The van der Waals surface area contributed by atoms with E-state index in [-0.39, 0.29) is 0 Å². The number of allylic oxidation sites excluding steroid dienone is 3. The van der Waals surface area contributed by atoms with Crippen LogP contribution in [0.4, 0.5) is 0 Å². The Morgan fingerprint density at radius 1 is 1.21 bits per heavy atom. The lowest BCUT2D eigenvalue weighted by Crippen LogP contribution is -2.03. The maximum Gasteiger partial charge on any atom is 0.0959 e. The number of hydrogen-bond acceptors (Lipinski definition) is 2. The molecule has 120 valence electrons. The van der Waals surface area contributed by atoms with Crippen molar-refractivity contribution in [2.24, 2.45) is 0 Å². The summed E-state index contributed by atoms with van der Waals surface area (Å²) in [5.74, 6) is -0.428. The van der Waals surface area contributed by atoms with Gasteiger partial charge in [0.25, 0.3) is 0 Å². The summed E-state index contributed by atoms with van der Waals surface area (Å²) in [5, 5.41) is 17.8. The normalized spacial score (nSPS) is 12.3. The molecule has 3 heteroatoms. The lowest BCUT2D eigenvalue weighted by Gasteiger charge is -2.15. The summed E-state index contributed by atoms with van der Waals surface area (Å²) < 4.78 is 0.917. The van der Waals surface area contributed by atoms with Crippen molar-refractivity contribution >= 4 is 27.2 Å². The van der Waals surface area contributed by atoms with Gasteiger partial charge in [0, 0.05) is 15.8 Å². The number of hydrogen-bond donors (Lipinski definition) is 1. The van der Waals surface area contributed by atoms with E-state index in [0.717, 1.165) is 26.7 Å². The van der Waals surface area contributed by atoms with Crippen molar-refractivity contribution in [1.82, 2.24) is 0 Å². The monoisotopic (exact) mass is 378 g/mol. The largest absolute Gasteiger partial charge is 0.305 e. The van der Waals surface area contributed by atoms with Crippen molar-refractivity contribution in [3.8, 4) is 6.07 Å². The van der Waals surface area contributed by atoms with E-state index in [9.17, 15) is 5.26 Å². The van der Waals surface area contributed by atoms with E-state index < -0.39 is 5.92 Å². The standard InChI is InChI=1S/C21H19BrN2/c1-14-8-4-5-9-17(14)20(13-23)15(2)12-19(16(3)24)18-10-6-7-11-21(18)22/h4-12,20,24H,2H2,1,3H3/b19-12+,24-16?. The summed E-state index contributed by atoms with van der Waals surface area (Å²) in [6.07, 6.45) is 1.85. The second-order valence-electron chi connectivity index (χ2n) is 5.66. The molecule has 2 rings (SSSR count). The third-order valence-electron chi connectivity index (χ3n) is 3.90. The molecule has 0 spiro atoms. The molecule has 2 aromatic rings. The van der Waals surface area contributed by atoms with Crippen molar-refractivity contribution < 1.29 is 0 Å². The Morgan fingerprint density at radius 3 is 2.42 bits per heavy atom. The lowest BCUT2D eigenvalue weighted by atomic mass is 9.88. The second-order valence-corrected chi connectivity index (χ2v) is 6.51. The van der Waals surface area contributed by atoms with Crippen molar-refractivity contribution in [2.45, 2.75) is 19.8 Å². The Labute approximate surface area is 151 Å². The number of nitrogens with zero attached hydrogens (tertiary/aromatic N) is 1. The van der Waals surface area contributed by atoms with Crippen LogP contribution in [0.3, 0.4) is 0 Å². The van der Waals surface area contributed by atoms with Gasteiger partial charge in [-0.05, 0) is 48.3 Å². The molecule has 0 aliphatic carbocycles. The van der Waals surface area contributed by atoms with Crippen LogP contribution in [0.1, 0.15) is 29.5 Å². The molecule has 0 heterocycles. The molecule has 2 aromatic carbocycles. The quantitative estimate of drug-likeness (QED) is 0.499. The highest BCUT2D eigenvalue weighted by atomic mass is 79.9. The molecule has 0 bridgehead atoms. The van der Waals surface area contributed by atoms with Crippen molar-refractivity contribution in [3.05, 3.63) is 87.9 Å². The van der Waals surface area contributed by atoms with Gasteiger partial charge in [-0.2, -0.15) is 5.26 Å². The smallest absolute Gasteiger partial charge is 0.0959 e. The molecule has 0 aromatic heterocycles. The van der Waals surface area contributed by atoms with E-state index in [4.69, 9.17) is 5.41 Å². The number of benzene rings is 2. The minimum atomic E-state index is -0.428. The van der Waals surface area contributed by atoms with Crippen molar-refractivity contribution in [2.75, 3.05) is 0 Å². The average molecular weight is 379 g/mol. The highest BCUT2D eigenvalue weighted by molar-refractivity contribution is 9.10. The zero-order chi connectivity index (χ0) is 17.7. The summed E-state index contributed by atoms with van der Waals surface area (Å²) in [5.41, 5.74) is 4.82. The Bertz CT molecular complexity index is 856. The molecule has 0 aliphatic rings. The molecule has 0 amide bonds. The molecule has 2 nitrogen and oxygen atoms in total. The van der Waals surface area contributed by atoms with E-state index in [1.54, 1.807) is 6.92 Å². The maximum absolute atomic E-state index is 9.65. The fourth-order valence-electron chi connectivity index (χ4n) is 2.60. The van der Waals surface area contributed by atoms with Gasteiger partial charge in [0.05, 0.1) is 12.0 Å². The van der Waals surface area contributed by atoms with Gasteiger partial charge in [-0.1, -0.05) is 65.0 Å². The molecule has 1 N–H and O–H groups in total. The molecular weight excluding hydrogens is 360 g/mol. The van der Waals surface area contributed by atoms with Gasteiger partial charge in [0.1, 0.15) is 0 Å². The zero-order valence-corrected chi connectivity index (χ0v) is 15.4. The minimum Gasteiger partial charge on any atom is -0.305 e. The summed E-state index contributed by atoms with van der Waals surface area (Å²) in [4.78, 5) is 0. The lowest BCUT2D eigenvalue weighted by molar-refractivity contribution is 1.03. The third-order valence-corrected chi connectivity index (χ3v) is 4.59. The van der Waals surface area contributed by atoms with Gasteiger partial charge in [0.15, 0.2) is 0 Å². The van der Waals surface area contributed by atoms with Crippen LogP contribution in [0, 0.1) is 23.7 Å². The van der Waals surface area contributed by atoms with Gasteiger partial charge < -0.3 is 5.41 Å². The molecule has 1 unspecified atom stereocenters. The number of nitriles is 1. The van der Waals surface area contributed by atoms with Gasteiger partial charge in [-0.25, -0.2) is 0 Å². The first-order valence-electron chi connectivity index (χ1n) is 7.61. The molecule has 0 saturated carbocycles. The average Bonchev–Trinajstić information content (AvgIpc) is 2.55. The SMILES string of the molecule is C=C(/C=C(\C(C)=N)c1ccccc1Br)C(C#N)c1ccccc1C. The van der Waals surface area contributed by atoms with Crippen LogP contribution < -0.4 is 0 Å². The Kier molecular flexibility index (Phi) is 5.89. The topological polar surface area (TPSA) is 47.6 Å². The second kappa shape index (κ2) is 7.90. The van der Waals surface area contributed by atoms with Crippen molar-refractivity contribution in [1.29, 1.82) is 10.7 Å². The Hall–Kier alpha value is -2.44. The number of rotatable bonds is 5. The van der Waals surface area contributed by atoms with Crippen LogP contribution >= 0.6 is 15.9 Å². The summed E-state index contributed by atoms with van der Waals surface area (Å²) in [6, 6.07) is 17.9. The zero-order valence-electron chi connectivity index (χ0n) is 13.8. The van der Waals surface area contributed by atoms with Crippen LogP contribution in [0.15, 0.2) is 71.2 Å². The summed E-state index contributed by atoms with van der Waals surface area (Å²) in [6.45, 7) is 7.85. The van der Waals surface area contributed by atoms with E-state index >= 15 is 0 Å². The van der Waals surface area contributed by atoms with Gasteiger partial charge in [-0.3, -0.25) is 0 Å².